The molecule has 9 heteroatoms. The van der Waals surface area contributed by atoms with Crippen molar-refractivity contribution >= 4 is 23.8 Å². The van der Waals surface area contributed by atoms with Crippen molar-refractivity contribution in [2.75, 3.05) is 6.61 Å². The first-order chi connectivity index (χ1) is 10.2. The van der Waals surface area contributed by atoms with E-state index in [1.54, 1.807) is 20.8 Å². The molecule has 2 aliphatic rings. The van der Waals surface area contributed by atoms with Crippen LogP contribution in [0.2, 0.25) is 0 Å². The van der Waals surface area contributed by atoms with Gasteiger partial charge in [-0.2, -0.15) is 5.06 Å². The maximum absolute atomic E-state index is 11.6. The Morgan fingerprint density at radius 3 is 2.36 bits per heavy atom. The molecule has 2 heterocycles. The van der Waals surface area contributed by atoms with E-state index in [9.17, 15) is 19.2 Å². The van der Waals surface area contributed by atoms with Crippen LogP contribution in [-0.4, -0.2) is 53.2 Å². The summed E-state index contributed by atoms with van der Waals surface area (Å²) in [5.74, 6) is -1.20. The Morgan fingerprint density at radius 2 is 1.86 bits per heavy atom. The molecule has 22 heavy (non-hydrogen) atoms. The average Bonchev–Trinajstić information content (AvgIpc) is 2.70. The van der Waals surface area contributed by atoms with Crippen LogP contribution in [-0.2, 0) is 24.0 Å². The van der Waals surface area contributed by atoms with Crippen molar-refractivity contribution in [3.63, 3.8) is 0 Å². The number of nitrogens with one attached hydrogen (secondary N) is 2. The highest BCUT2D eigenvalue weighted by Crippen LogP contribution is 2.15. The van der Waals surface area contributed by atoms with Gasteiger partial charge < -0.3 is 15.4 Å². The summed E-state index contributed by atoms with van der Waals surface area (Å²) in [6, 6.07) is -1.34. The van der Waals surface area contributed by atoms with E-state index in [0.29, 0.717) is 5.06 Å². The normalized spacial score (nSPS) is 24.9. The SMILES string of the molecule is CC(C)(C)OC(=O)NC1C(=O)NC1CON1C(=O)CCC1=O. The maximum Gasteiger partial charge on any atom is 0.408 e. The fraction of sp³-hybridized carbons (Fsp3) is 0.692. The molecule has 0 aliphatic carbocycles. The fourth-order valence-corrected chi connectivity index (χ4v) is 2.04. The maximum atomic E-state index is 11.6. The van der Waals surface area contributed by atoms with Crippen LogP contribution < -0.4 is 10.6 Å². The predicted octanol–water partition coefficient (Wildman–Crippen LogP) is -0.541. The average molecular weight is 313 g/mol. The molecule has 0 aromatic rings. The van der Waals surface area contributed by atoms with Crippen molar-refractivity contribution in [3.05, 3.63) is 0 Å². The van der Waals surface area contributed by atoms with Crippen LogP contribution in [0.15, 0.2) is 0 Å². The molecule has 2 fully saturated rings. The summed E-state index contributed by atoms with van der Waals surface area (Å²) in [6.45, 7) is 5.03. The van der Waals surface area contributed by atoms with Gasteiger partial charge in [0.2, 0.25) is 5.91 Å². The molecule has 0 aromatic heterocycles. The van der Waals surface area contributed by atoms with Gasteiger partial charge in [0.05, 0.1) is 12.6 Å². The molecule has 0 saturated carbocycles. The van der Waals surface area contributed by atoms with Gasteiger partial charge in [-0.1, -0.05) is 0 Å². The zero-order valence-corrected chi connectivity index (χ0v) is 12.7. The Kier molecular flexibility index (Phi) is 4.36. The van der Waals surface area contributed by atoms with E-state index in [0.717, 1.165) is 0 Å². The van der Waals surface area contributed by atoms with E-state index in [4.69, 9.17) is 9.57 Å². The van der Waals surface area contributed by atoms with Gasteiger partial charge in [0.15, 0.2) is 0 Å². The summed E-state index contributed by atoms with van der Waals surface area (Å²) in [4.78, 5) is 51.0. The van der Waals surface area contributed by atoms with Gasteiger partial charge in [0.25, 0.3) is 11.8 Å². The summed E-state index contributed by atoms with van der Waals surface area (Å²) < 4.78 is 5.06. The standard InChI is InChI=1S/C13H19N3O6/c1-13(2,3)22-12(20)15-10-7(14-11(10)19)6-21-16-8(17)4-5-9(16)18/h7,10H,4-6H2,1-3H3,(H,14,19)(H,15,20). The molecule has 2 N–H and O–H groups in total. The smallest absolute Gasteiger partial charge is 0.408 e. The highest BCUT2D eigenvalue weighted by Gasteiger charge is 2.42. The molecule has 2 unspecified atom stereocenters. The van der Waals surface area contributed by atoms with Gasteiger partial charge in [0, 0.05) is 12.8 Å². The lowest BCUT2D eigenvalue weighted by molar-refractivity contribution is -0.191. The molecule has 9 nitrogen and oxygen atoms in total. The number of hydrogen-bond donors (Lipinski definition) is 2. The number of carbonyl (C=O) groups excluding carboxylic acids is 4. The lowest BCUT2D eigenvalue weighted by Crippen LogP contribution is -2.71. The van der Waals surface area contributed by atoms with Crippen molar-refractivity contribution < 1.29 is 28.8 Å². The largest absolute Gasteiger partial charge is 0.444 e. The van der Waals surface area contributed by atoms with Crippen LogP contribution in [0, 0.1) is 0 Å². The number of hydroxylamine groups is 2. The number of hydrogen-bond acceptors (Lipinski definition) is 6. The van der Waals surface area contributed by atoms with E-state index < -0.39 is 35.6 Å². The van der Waals surface area contributed by atoms with Crippen LogP contribution in [0.4, 0.5) is 4.79 Å². The summed E-state index contributed by atoms with van der Waals surface area (Å²) >= 11 is 0. The lowest BCUT2D eigenvalue weighted by Gasteiger charge is -2.37. The van der Waals surface area contributed by atoms with E-state index in [1.165, 1.54) is 0 Å². The van der Waals surface area contributed by atoms with E-state index >= 15 is 0 Å². The van der Waals surface area contributed by atoms with Gasteiger partial charge in [-0.25, -0.2) is 4.79 Å². The Labute approximate surface area is 127 Å². The van der Waals surface area contributed by atoms with Gasteiger partial charge in [-0.05, 0) is 20.8 Å². The van der Waals surface area contributed by atoms with Crippen LogP contribution >= 0.6 is 0 Å². The number of nitrogens with zero attached hydrogens (tertiary/aromatic N) is 1. The first-order valence-electron chi connectivity index (χ1n) is 6.96. The summed E-state index contributed by atoms with van der Waals surface area (Å²) in [5.41, 5.74) is -0.676. The molecule has 0 radical (unpaired) electrons. The molecule has 4 amide bonds. The first-order valence-corrected chi connectivity index (χ1v) is 6.96. The van der Waals surface area contributed by atoms with Gasteiger partial charge in [0.1, 0.15) is 11.6 Å². The third-order valence-electron chi connectivity index (χ3n) is 3.07. The highest BCUT2D eigenvalue weighted by molar-refractivity contribution is 6.00. The Hall–Kier alpha value is -2.16. The zero-order valence-electron chi connectivity index (χ0n) is 12.7. The number of imide groups is 1. The topological polar surface area (TPSA) is 114 Å². The number of rotatable bonds is 4. The summed E-state index contributed by atoms with van der Waals surface area (Å²) in [7, 11) is 0. The van der Waals surface area contributed by atoms with Crippen molar-refractivity contribution in [3.8, 4) is 0 Å². The molecular formula is C13H19N3O6. The fourth-order valence-electron chi connectivity index (χ4n) is 2.04. The number of ether oxygens (including phenoxy) is 1. The molecule has 2 saturated heterocycles. The second-order valence-corrected chi connectivity index (χ2v) is 6.12. The van der Waals surface area contributed by atoms with E-state index in [-0.39, 0.29) is 25.4 Å². The van der Waals surface area contributed by atoms with Crippen LogP contribution in [0.25, 0.3) is 0 Å². The molecule has 0 aromatic carbocycles. The molecule has 2 rings (SSSR count). The van der Waals surface area contributed by atoms with Gasteiger partial charge in [-0.15, -0.1) is 0 Å². The number of amides is 4. The predicted molar refractivity (Wildman–Crippen MR) is 72.1 cm³/mol. The monoisotopic (exact) mass is 313 g/mol. The minimum absolute atomic E-state index is 0.0936. The van der Waals surface area contributed by atoms with Gasteiger partial charge in [-0.3, -0.25) is 19.2 Å². The zero-order chi connectivity index (χ0) is 16.5. The van der Waals surface area contributed by atoms with Gasteiger partial charge >= 0.3 is 6.09 Å². The quantitative estimate of drug-likeness (QED) is 0.532. The van der Waals surface area contributed by atoms with Crippen LogP contribution in [0.5, 0.6) is 0 Å². The second kappa shape index (κ2) is 5.91. The number of β-lactam (4-membered cyclic amide) rings is 1. The van der Waals surface area contributed by atoms with Crippen LogP contribution in [0.3, 0.4) is 0 Å². The van der Waals surface area contributed by atoms with Crippen molar-refractivity contribution in [1.29, 1.82) is 0 Å². The number of alkyl carbamates (subject to hydrolysis) is 1. The third-order valence-corrected chi connectivity index (χ3v) is 3.07. The highest BCUT2D eigenvalue weighted by atomic mass is 16.7. The molecular weight excluding hydrogens is 294 g/mol. The number of carbonyl (C=O) groups is 4. The van der Waals surface area contributed by atoms with Crippen molar-refractivity contribution in [2.45, 2.75) is 51.3 Å². The molecule has 122 valence electrons. The third kappa shape index (κ3) is 3.73. The van der Waals surface area contributed by atoms with Crippen LogP contribution in [0.1, 0.15) is 33.6 Å². The second-order valence-electron chi connectivity index (χ2n) is 6.12. The molecule has 2 aliphatic heterocycles. The van der Waals surface area contributed by atoms with E-state index in [1.807, 2.05) is 0 Å². The molecule has 0 spiro atoms. The Balaban J connectivity index is 1.82. The van der Waals surface area contributed by atoms with Crippen molar-refractivity contribution in [1.82, 2.24) is 15.7 Å². The Bertz CT molecular complexity index is 496. The molecule has 0 bridgehead atoms. The minimum atomic E-state index is -0.817. The minimum Gasteiger partial charge on any atom is -0.444 e. The summed E-state index contributed by atoms with van der Waals surface area (Å²) in [6.07, 6.45) is -0.476. The lowest BCUT2D eigenvalue weighted by atomic mass is 10.0. The van der Waals surface area contributed by atoms with Crippen molar-refractivity contribution in [2.24, 2.45) is 0 Å². The van der Waals surface area contributed by atoms with E-state index in [2.05, 4.69) is 10.6 Å². The first kappa shape index (κ1) is 16.2. The molecule has 2 atom stereocenters. The Morgan fingerprint density at radius 1 is 1.27 bits per heavy atom. The summed E-state index contributed by atoms with van der Waals surface area (Å²) in [5, 5.41) is 5.66.